The average molecular weight is 225 g/mol. The van der Waals surface area contributed by atoms with Gasteiger partial charge in [0.25, 0.3) is 5.91 Å². The van der Waals surface area contributed by atoms with E-state index in [-0.39, 0.29) is 19.1 Å². The third-order valence-corrected chi connectivity index (χ3v) is 2.47. The number of nitrogens with zero attached hydrogens (tertiary/aromatic N) is 1. The van der Waals surface area contributed by atoms with Crippen molar-refractivity contribution >= 4 is 5.91 Å². The summed E-state index contributed by atoms with van der Waals surface area (Å²) in [5.41, 5.74) is 1.10. The van der Waals surface area contributed by atoms with Crippen LogP contribution in [-0.4, -0.2) is 35.6 Å². The molecule has 1 N–H and O–H groups in total. The number of aliphatic hydroxyl groups is 1. The van der Waals surface area contributed by atoms with Crippen LogP contribution in [0.1, 0.15) is 22.8 Å². The van der Waals surface area contributed by atoms with Crippen molar-refractivity contribution in [2.24, 2.45) is 0 Å². The molecule has 0 aliphatic heterocycles. The minimum atomic E-state index is -0.422. The molecular formula is C12H16FNO2. The van der Waals surface area contributed by atoms with Crippen LogP contribution in [0.4, 0.5) is 4.39 Å². The third-order valence-electron chi connectivity index (χ3n) is 2.47. The largest absolute Gasteiger partial charge is 0.395 e. The highest BCUT2D eigenvalue weighted by molar-refractivity contribution is 5.95. The Morgan fingerprint density at radius 2 is 2.19 bits per heavy atom. The van der Waals surface area contributed by atoms with Gasteiger partial charge in [0, 0.05) is 18.7 Å². The standard InChI is InChI=1S/C12H16FNO2/c1-3-14(6-7-15)12(16)11-8-10(13)5-4-9(11)2/h4-5,8,15H,3,6-7H2,1-2H3. The highest BCUT2D eigenvalue weighted by Crippen LogP contribution is 2.12. The number of benzene rings is 1. The molecule has 16 heavy (non-hydrogen) atoms. The summed E-state index contributed by atoms with van der Waals surface area (Å²) in [6.45, 7) is 4.26. The Labute approximate surface area is 94.5 Å². The van der Waals surface area contributed by atoms with Crippen LogP contribution < -0.4 is 0 Å². The van der Waals surface area contributed by atoms with Crippen LogP contribution in [-0.2, 0) is 0 Å². The number of rotatable bonds is 4. The predicted octanol–water partition coefficient (Wildman–Crippen LogP) is 1.59. The first-order chi connectivity index (χ1) is 7.60. The molecule has 1 aromatic rings. The zero-order chi connectivity index (χ0) is 12.1. The Morgan fingerprint density at radius 1 is 1.50 bits per heavy atom. The molecule has 0 saturated carbocycles. The normalized spacial score (nSPS) is 10.2. The molecule has 0 bridgehead atoms. The Morgan fingerprint density at radius 3 is 2.75 bits per heavy atom. The highest BCUT2D eigenvalue weighted by atomic mass is 19.1. The van der Waals surface area contributed by atoms with E-state index in [9.17, 15) is 9.18 Å². The second-order valence-corrected chi connectivity index (χ2v) is 3.57. The second kappa shape index (κ2) is 5.61. The number of amides is 1. The first-order valence-electron chi connectivity index (χ1n) is 5.26. The Kier molecular flexibility index (Phi) is 4.43. The van der Waals surface area contributed by atoms with E-state index in [4.69, 9.17) is 5.11 Å². The van der Waals surface area contributed by atoms with Crippen LogP contribution in [0.2, 0.25) is 0 Å². The van der Waals surface area contributed by atoms with Crippen LogP contribution in [0.15, 0.2) is 18.2 Å². The van der Waals surface area contributed by atoms with Crippen LogP contribution in [0.25, 0.3) is 0 Å². The summed E-state index contributed by atoms with van der Waals surface area (Å²) in [4.78, 5) is 13.5. The first kappa shape index (κ1) is 12.6. The van der Waals surface area contributed by atoms with Gasteiger partial charge in [-0.2, -0.15) is 0 Å². The summed E-state index contributed by atoms with van der Waals surface area (Å²) >= 11 is 0. The van der Waals surface area contributed by atoms with Gasteiger partial charge in [0.1, 0.15) is 5.82 Å². The van der Waals surface area contributed by atoms with Crippen molar-refractivity contribution in [3.8, 4) is 0 Å². The smallest absolute Gasteiger partial charge is 0.254 e. The van der Waals surface area contributed by atoms with Gasteiger partial charge in [-0.05, 0) is 31.5 Å². The molecule has 0 aliphatic carbocycles. The van der Waals surface area contributed by atoms with E-state index in [1.54, 1.807) is 13.0 Å². The molecule has 1 rings (SSSR count). The maximum Gasteiger partial charge on any atom is 0.254 e. The number of carbonyl (C=O) groups excluding carboxylic acids is 1. The van der Waals surface area contributed by atoms with E-state index >= 15 is 0 Å². The number of halogens is 1. The molecule has 0 aliphatic rings. The zero-order valence-electron chi connectivity index (χ0n) is 9.53. The quantitative estimate of drug-likeness (QED) is 0.845. The predicted molar refractivity (Wildman–Crippen MR) is 59.8 cm³/mol. The summed E-state index contributed by atoms with van der Waals surface area (Å²) in [7, 11) is 0. The lowest BCUT2D eigenvalue weighted by molar-refractivity contribution is 0.0731. The van der Waals surface area contributed by atoms with Gasteiger partial charge in [0.05, 0.1) is 6.61 Å². The lowest BCUT2D eigenvalue weighted by Gasteiger charge is -2.20. The molecule has 0 fully saturated rings. The number of hydrogen-bond acceptors (Lipinski definition) is 2. The molecule has 0 spiro atoms. The van der Waals surface area contributed by atoms with Crippen molar-refractivity contribution in [2.45, 2.75) is 13.8 Å². The van der Waals surface area contributed by atoms with E-state index in [0.717, 1.165) is 5.56 Å². The van der Waals surface area contributed by atoms with Crippen molar-refractivity contribution in [2.75, 3.05) is 19.7 Å². The zero-order valence-corrected chi connectivity index (χ0v) is 9.53. The maximum atomic E-state index is 13.0. The van der Waals surface area contributed by atoms with Gasteiger partial charge in [0.15, 0.2) is 0 Å². The van der Waals surface area contributed by atoms with E-state index < -0.39 is 5.82 Å². The summed E-state index contributed by atoms with van der Waals surface area (Å²) in [6.07, 6.45) is 0. The molecule has 0 heterocycles. The number of aliphatic hydroxyl groups excluding tert-OH is 1. The monoisotopic (exact) mass is 225 g/mol. The van der Waals surface area contributed by atoms with Crippen LogP contribution in [0, 0.1) is 12.7 Å². The summed E-state index contributed by atoms with van der Waals surface area (Å²) in [5, 5.41) is 8.82. The number of carbonyl (C=O) groups is 1. The maximum absolute atomic E-state index is 13.0. The molecule has 3 nitrogen and oxygen atoms in total. The van der Waals surface area contributed by atoms with Gasteiger partial charge < -0.3 is 10.0 Å². The molecule has 1 amide bonds. The van der Waals surface area contributed by atoms with E-state index in [2.05, 4.69) is 0 Å². The van der Waals surface area contributed by atoms with Gasteiger partial charge in [0.2, 0.25) is 0 Å². The van der Waals surface area contributed by atoms with E-state index in [1.807, 2.05) is 6.92 Å². The van der Waals surface area contributed by atoms with Crippen LogP contribution in [0.5, 0.6) is 0 Å². The van der Waals surface area contributed by atoms with Crippen molar-refractivity contribution in [1.82, 2.24) is 4.90 Å². The van der Waals surface area contributed by atoms with Gasteiger partial charge in [-0.1, -0.05) is 6.07 Å². The van der Waals surface area contributed by atoms with E-state index in [0.29, 0.717) is 12.1 Å². The molecule has 0 radical (unpaired) electrons. The van der Waals surface area contributed by atoms with E-state index in [1.165, 1.54) is 17.0 Å². The number of hydrogen-bond donors (Lipinski definition) is 1. The van der Waals surface area contributed by atoms with Gasteiger partial charge in [-0.3, -0.25) is 4.79 Å². The van der Waals surface area contributed by atoms with Gasteiger partial charge in [-0.15, -0.1) is 0 Å². The Balaban J connectivity index is 2.98. The van der Waals surface area contributed by atoms with Crippen LogP contribution >= 0.6 is 0 Å². The molecule has 0 aromatic heterocycles. The summed E-state index contributed by atoms with van der Waals surface area (Å²) in [6, 6.07) is 4.14. The van der Waals surface area contributed by atoms with Crippen molar-refractivity contribution < 1.29 is 14.3 Å². The lowest BCUT2D eigenvalue weighted by atomic mass is 10.1. The molecule has 1 aromatic carbocycles. The van der Waals surface area contributed by atoms with Crippen LogP contribution in [0.3, 0.4) is 0 Å². The van der Waals surface area contributed by atoms with Gasteiger partial charge in [-0.25, -0.2) is 4.39 Å². The Bertz CT molecular complexity index is 379. The first-order valence-corrected chi connectivity index (χ1v) is 5.26. The lowest BCUT2D eigenvalue weighted by Crippen LogP contribution is -2.33. The second-order valence-electron chi connectivity index (χ2n) is 3.57. The minimum absolute atomic E-state index is 0.0893. The molecule has 0 unspecified atom stereocenters. The van der Waals surface area contributed by atoms with Gasteiger partial charge >= 0.3 is 0 Å². The number of likely N-dealkylation sites (N-methyl/N-ethyl adjacent to an activating group) is 1. The number of aryl methyl sites for hydroxylation is 1. The highest BCUT2D eigenvalue weighted by Gasteiger charge is 2.16. The molecule has 0 atom stereocenters. The fourth-order valence-corrected chi connectivity index (χ4v) is 1.52. The molecule has 0 saturated heterocycles. The molecule has 88 valence electrons. The topological polar surface area (TPSA) is 40.5 Å². The Hall–Kier alpha value is -1.42. The average Bonchev–Trinajstić information content (AvgIpc) is 2.28. The minimum Gasteiger partial charge on any atom is -0.395 e. The SMILES string of the molecule is CCN(CCO)C(=O)c1cc(F)ccc1C. The fourth-order valence-electron chi connectivity index (χ4n) is 1.52. The molecular weight excluding hydrogens is 209 g/mol. The molecule has 4 heteroatoms. The van der Waals surface area contributed by atoms with Crippen molar-refractivity contribution in [1.29, 1.82) is 0 Å². The van der Waals surface area contributed by atoms with Crippen molar-refractivity contribution in [3.05, 3.63) is 35.1 Å². The third kappa shape index (κ3) is 2.79. The summed E-state index contributed by atoms with van der Waals surface area (Å²) < 4.78 is 13.0. The fraction of sp³-hybridized carbons (Fsp3) is 0.417. The summed E-state index contributed by atoms with van der Waals surface area (Å²) in [5.74, 6) is -0.664. The van der Waals surface area contributed by atoms with Crippen molar-refractivity contribution in [3.63, 3.8) is 0 Å².